The number of nitrogens with two attached hydrogens (primary N) is 1. The fraction of sp³-hybridized carbons (Fsp3) is 0.455. The minimum Gasteiger partial charge on any atom is -0.353 e. The molecule has 1 aromatic heterocycles. The summed E-state index contributed by atoms with van der Waals surface area (Å²) in [5.41, 5.74) is 6.11. The molecule has 0 saturated heterocycles. The monoisotopic (exact) mass is 204 g/mol. The van der Waals surface area contributed by atoms with Crippen LogP contribution in [-0.4, -0.2) is 24.1 Å². The highest BCUT2D eigenvalue weighted by molar-refractivity contribution is 5.43. The molecule has 4 nitrogen and oxygen atoms in total. The average Bonchev–Trinajstić information content (AvgIpc) is 2.28. The SMILES string of the molecule is CN(c1ccc(C#N)cn1)C(C)(C)CN. The first-order valence-corrected chi connectivity index (χ1v) is 4.81. The number of hydrogen-bond donors (Lipinski definition) is 1. The van der Waals surface area contributed by atoms with Gasteiger partial charge in [-0.3, -0.25) is 0 Å². The molecule has 0 spiro atoms. The summed E-state index contributed by atoms with van der Waals surface area (Å²) in [5, 5.41) is 8.65. The number of nitrogens with zero attached hydrogens (tertiary/aromatic N) is 3. The molecule has 0 aromatic carbocycles. The summed E-state index contributed by atoms with van der Waals surface area (Å²) < 4.78 is 0. The van der Waals surface area contributed by atoms with E-state index >= 15 is 0 Å². The van der Waals surface area contributed by atoms with E-state index in [2.05, 4.69) is 4.98 Å². The largest absolute Gasteiger partial charge is 0.353 e. The van der Waals surface area contributed by atoms with Crippen molar-refractivity contribution in [1.82, 2.24) is 4.98 Å². The Morgan fingerprint density at radius 1 is 1.53 bits per heavy atom. The third kappa shape index (κ3) is 2.45. The summed E-state index contributed by atoms with van der Waals surface area (Å²) in [6, 6.07) is 5.62. The lowest BCUT2D eigenvalue weighted by molar-refractivity contribution is 0.494. The molecule has 0 aliphatic carbocycles. The zero-order valence-electron chi connectivity index (χ0n) is 9.36. The second kappa shape index (κ2) is 4.28. The molecule has 0 unspecified atom stereocenters. The van der Waals surface area contributed by atoms with E-state index in [0.717, 1.165) is 5.82 Å². The molecule has 15 heavy (non-hydrogen) atoms. The van der Waals surface area contributed by atoms with Crippen molar-refractivity contribution in [2.24, 2.45) is 5.73 Å². The molecule has 2 N–H and O–H groups in total. The Labute approximate surface area is 90.3 Å². The molecule has 0 atom stereocenters. The second-order valence-electron chi connectivity index (χ2n) is 4.09. The molecule has 80 valence electrons. The maximum Gasteiger partial charge on any atom is 0.128 e. The Bertz CT molecular complexity index is 361. The van der Waals surface area contributed by atoms with Crippen LogP contribution in [-0.2, 0) is 0 Å². The number of aromatic nitrogens is 1. The number of pyridine rings is 1. The van der Waals surface area contributed by atoms with Crippen molar-refractivity contribution in [2.75, 3.05) is 18.5 Å². The fourth-order valence-electron chi connectivity index (χ4n) is 1.10. The molecule has 0 aliphatic heterocycles. The van der Waals surface area contributed by atoms with Crippen LogP contribution >= 0.6 is 0 Å². The van der Waals surface area contributed by atoms with E-state index in [9.17, 15) is 0 Å². The normalized spacial score (nSPS) is 10.9. The third-order valence-electron chi connectivity index (χ3n) is 2.63. The van der Waals surface area contributed by atoms with Crippen LogP contribution in [0.5, 0.6) is 0 Å². The summed E-state index contributed by atoms with van der Waals surface area (Å²) in [7, 11) is 1.95. The van der Waals surface area contributed by atoms with Crippen LogP contribution in [0.25, 0.3) is 0 Å². The van der Waals surface area contributed by atoms with E-state index in [0.29, 0.717) is 12.1 Å². The highest BCUT2D eigenvalue weighted by atomic mass is 15.2. The topological polar surface area (TPSA) is 65.9 Å². The Kier molecular flexibility index (Phi) is 3.28. The predicted octanol–water partition coefficient (Wildman–Crippen LogP) is 1.13. The number of nitriles is 1. The van der Waals surface area contributed by atoms with Crippen LogP contribution in [0.4, 0.5) is 5.82 Å². The van der Waals surface area contributed by atoms with Gasteiger partial charge in [-0.2, -0.15) is 5.26 Å². The minimum absolute atomic E-state index is 0.138. The maximum absolute atomic E-state index is 8.65. The van der Waals surface area contributed by atoms with Gasteiger partial charge in [0.2, 0.25) is 0 Å². The zero-order chi connectivity index (χ0) is 11.5. The number of rotatable bonds is 3. The maximum atomic E-state index is 8.65. The van der Waals surface area contributed by atoms with Crippen LogP contribution in [0.15, 0.2) is 18.3 Å². The van der Waals surface area contributed by atoms with Gasteiger partial charge in [-0.05, 0) is 26.0 Å². The van der Waals surface area contributed by atoms with E-state index in [1.165, 1.54) is 0 Å². The van der Waals surface area contributed by atoms with Gasteiger partial charge in [0.05, 0.1) is 5.56 Å². The molecular formula is C11H16N4. The van der Waals surface area contributed by atoms with E-state index in [1.807, 2.05) is 37.9 Å². The van der Waals surface area contributed by atoms with Crippen molar-refractivity contribution in [3.8, 4) is 6.07 Å². The van der Waals surface area contributed by atoms with Gasteiger partial charge in [0.15, 0.2) is 0 Å². The quantitative estimate of drug-likeness (QED) is 0.801. The number of likely N-dealkylation sites (N-methyl/N-ethyl adjacent to an activating group) is 1. The van der Waals surface area contributed by atoms with E-state index in [1.54, 1.807) is 12.3 Å². The minimum atomic E-state index is -0.138. The van der Waals surface area contributed by atoms with Crippen molar-refractivity contribution in [1.29, 1.82) is 5.26 Å². The van der Waals surface area contributed by atoms with Crippen LogP contribution in [0.2, 0.25) is 0 Å². The molecule has 0 radical (unpaired) electrons. The molecule has 0 aliphatic rings. The van der Waals surface area contributed by atoms with Crippen LogP contribution in [0, 0.1) is 11.3 Å². The average molecular weight is 204 g/mol. The van der Waals surface area contributed by atoms with Gasteiger partial charge in [0.25, 0.3) is 0 Å². The lowest BCUT2D eigenvalue weighted by Crippen LogP contribution is -2.47. The van der Waals surface area contributed by atoms with E-state index in [4.69, 9.17) is 11.0 Å². The van der Waals surface area contributed by atoms with Gasteiger partial charge < -0.3 is 10.6 Å². The third-order valence-corrected chi connectivity index (χ3v) is 2.63. The summed E-state index contributed by atoms with van der Waals surface area (Å²) in [6.45, 7) is 4.64. The Balaban J connectivity index is 2.93. The van der Waals surface area contributed by atoms with Crippen molar-refractivity contribution in [2.45, 2.75) is 19.4 Å². The Hall–Kier alpha value is -1.60. The van der Waals surface area contributed by atoms with Crippen LogP contribution in [0.3, 0.4) is 0 Å². The van der Waals surface area contributed by atoms with E-state index < -0.39 is 0 Å². The summed E-state index contributed by atoms with van der Waals surface area (Å²) in [4.78, 5) is 6.22. The summed E-state index contributed by atoms with van der Waals surface area (Å²) in [6.07, 6.45) is 1.57. The highest BCUT2D eigenvalue weighted by Gasteiger charge is 2.22. The van der Waals surface area contributed by atoms with Crippen molar-refractivity contribution >= 4 is 5.82 Å². The first-order valence-electron chi connectivity index (χ1n) is 4.81. The van der Waals surface area contributed by atoms with Gasteiger partial charge in [-0.1, -0.05) is 0 Å². The molecular weight excluding hydrogens is 188 g/mol. The Morgan fingerprint density at radius 3 is 2.60 bits per heavy atom. The van der Waals surface area contributed by atoms with Crippen molar-refractivity contribution in [3.05, 3.63) is 23.9 Å². The van der Waals surface area contributed by atoms with Crippen molar-refractivity contribution in [3.63, 3.8) is 0 Å². The van der Waals surface area contributed by atoms with E-state index in [-0.39, 0.29) is 5.54 Å². The van der Waals surface area contributed by atoms with Crippen LogP contribution < -0.4 is 10.6 Å². The van der Waals surface area contributed by atoms with Gasteiger partial charge in [0, 0.05) is 25.3 Å². The molecule has 1 heterocycles. The Morgan fingerprint density at radius 2 is 2.20 bits per heavy atom. The number of hydrogen-bond acceptors (Lipinski definition) is 4. The van der Waals surface area contributed by atoms with Crippen molar-refractivity contribution < 1.29 is 0 Å². The lowest BCUT2D eigenvalue weighted by Gasteiger charge is -2.35. The molecule has 0 fully saturated rings. The molecule has 0 amide bonds. The zero-order valence-corrected chi connectivity index (χ0v) is 9.36. The first-order chi connectivity index (χ1) is 7.01. The van der Waals surface area contributed by atoms with Gasteiger partial charge in [-0.15, -0.1) is 0 Å². The summed E-state index contributed by atoms with van der Waals surface area (Å²) >= 11 is 0. The number of anilines is 1. The molecule has 1 aromatic rings. The summed E-state index contributed by atoms with van der Waals surface area (Å²) in [5.74, 6) is 0.824. The van der Waals surface area contributed by atoms with Crippen LogP contribution in [0.1, 0.15) is 19.4 Å². The highest BCUT2D eigenvalue weighted by Crippen LogP contribution is 2.18. The fourth-order valence-corrected chi connectivity index (χ4v) is 1.10. The predicted molar refractivity (Wildman–Crippen MR) is 60.5 cm³/mol. The standard InChI is InChI=1S/C11H16N4/c1-11(2,8-13)15(3)10-5-4-9(6-12)7-14-10/h4-5,7H,8,13H2,1-3H3. The molecule has 4 heteroatoms. The molecule has 1 rings (SSSR count). The van der Waals surface area contributed by atoms with Gasteiger partial charge >= 0.3 is 0 Å². The van der Waals surface area contributed by atoms with Gasteiger partial charge in [0.1, 0.15) is 11.9 Å². The molecule has 0 saturated carbocycles. The smallest absolute Gasteiger partial charge is 0.128 e. The first kappa shape index (κ1) is 11.5. The molecule has 0 bridgehead atoms. The lowest BCUT2D eigenvalue weighted by atomic mass is 10.0. The second-order valence-corrected chi connectivity index (χ2v) is 4.09. The van der Waals surface area contributed by atoms with Gasteiger partial charge in [-0.25, -0.2) is 4.98 Å².